The summed E-state index contributed by atoms with van der Waals surface area (Å²) in [4.78, 5) is 0. The third-order valence-electron chi connectivity index (χ3n) is 2.04. The van der Waals surface area contributed by atoms with Gasteiger partial charge in [-0.25, -0.2) is 0 Å². The molecule has 0 atom stereocenters. The van der Waals surface area contributed by atoms with Crippen LogP contribution < -0.4 is 5.32 Å². The highest BCUT2D eigenvalue weighted by molar-refractivity contribution is 5.37. The van der Waals surface area contributed by atoms with E-state index >= 15 is 0 Å². The van der Waals surface area contributed by atoms with Crippen molar-refractivity contribution in [1.82, 2.24) is 9.78 Å². The van der Waals surface area contributed by atoms with Gasteiger partial charge in [-0.2, -0.15) is 5.10 Å². The van der Waals surface area contributed by atoms with E-state index in [1.54, 1.807) is 0 Å². The fraction of sp³-hybridized carbons (Fsp3) is 0.625. The van der Waals surface area contributed by atoms with Crippen molar-refractivity contribution < 1.29 is 0 Å². The molecule has 0 aliphatic heterocycles. The summed E-state index contributed by atoms with van der Waals surface area (Å²) in [5, 5.41) is 7.64. The zero-order valence-corrected chi connectivity index (χ0v) is 6.96. The first-order valence-electron chi connectivity index (χ1n) is 4.03. The molecule has 11 heavy (non-hydrogen) atoms. The zero-order valence-electron chi connectivity index (χ0n) is 6.96. The number of rotatable bonds is 2. The summed E-state index contributed by atoms with van der Waals surface area (Å²) >= 11 is 0. The van der Waals surface area contributed by atoms with Crippen LogP contribution >= 0.6 is 0 Å². The Hall–Kier alpha value is -0.990. The second-order valence-corrected chi connectivity index (χ2v) is 3.21. The van der Waals surface area contributed by atoms with Gasteiger partial charge in [-0.3, -0.25) is 4.68 Å². The third-order valence-corrected chi connectivity index (χ3v) is 2.04. The number of nitrogens with zero attached hydrogens (tertiary/aromatic N) is 2. The number of hydrogen-bond acceptors (Lipinski definition) is 2. The Morgan fingerprint density at radius 3 is 2.82 bits per heavy atom. The van der Waals surface area contributed by atoms with Crippen LogP contribution in [0.3, 0.4) is 0 Å². The SMILES string of the molecule is Cc1cc(NC2CC2)nn1C. The maximum Gasteiger partial charge on any atom is 0.148 e. The van der Waals surface area contributed by atoms with Gasteiger partial charge in [0, 0.05) is 24.8 Å². The van der Waals surface area contributed by atoms with Crippen LogP contribution in [-0.2, 0) is 7.05 Å². The molecular weight excluding hydrogens is 138 g/mol. The molecule has 3 nitrogen and oxygen atoms in total. The second-order valence-electron chi connectivity index (χ2n) is 3.21. The average molecular weight is 151 g/mol. The summed E-state index contributed by atoms with van der Waals surface area (Å²) in [5.74, 6) is 1.02. The van der Waals surface area contributed by atoms with E-state index in [1.165, 1.54) is 18.5 Å². The summed E-state index contributed by atoms with van der Waals surface area (Å²) in [5.41, 5.74) is 1.20. The molecule has 0 spiro atoms. The van der Waals surface area contributed by atoms with Gasteiger partial charge < -0.3 is 5.32 Å². The lowest BCUT2D eigenvalue weighted by Gasteiger charge is -1.95. The first kappa shape index (κ1) is 6.70. The molecule has 1 aliphatic rings. The quantitative estimate of drug-likeness (QED) is 0.690. The molecule has 1 aromatic rings. The van der Waals surface area contributed by atoms with Gasteiger partial charge in [0.25, 0.3) is 0 Å². The molecule has 1 aliphatic carbocycles. The Morgan fingerprint density at radius 2 is 2.36 bits per heavy atom. The molecule has 0 bridgehead atoms. The van der Waals surface area contributed by atoms with Crippen LogP contribution in [-0.4, -0.2) is 15.8 Å². The second kappa shape index (κ2) is 2.26. The molecule has 1 aromatic heterocycles. The minimum atomic E-state index is 0.698. The summed E-state index contributed by atoms with van der Waals surface area (Å²) in [6, 6.07) is 2.78. The van der Waals surface area contributed by atoms with E-state index in [2.05, 4.69) is 23.4 Å². The molecular formula is C8H13N3. The summed E-state index contributed by atoms with van der Waals surface area (Å²) in [6.07, 6.45) is 2.60. The molecule has 1 N–H and O–H groups in total. The maximum atomic E-state index is 4.30. The minimum absolute atomic E-state index is 0.698. The first-order chi connectivity index (χ1) is 5.25. The van der Waals surface area contributed by atoms with Crippen LogP contribution in [0.25, 0.3) is 0 Å². The Bertz CT molecular complexity index is 241. The Morgan fingerprint density at radius 1 is 1.64 bits per heavy atom. The van der Waals surface area contributed by atoms with Gasteiger partial charge in [-0.05, 0) is 19.8 Å². The Balaban J connectivity index is 2.11. The van der Waals surface area contributed by atoms with Crippen molar-refractivity contribution in [1.29, 1.82) is 0 Å². The molecule has 0 aromatic carbocycles. The number of nitrogens with one attached hydrogen (secondary N) is 1. The third kappa shape index (κ3) is 1.37. The lowest BCUT2D eigenvalue weighted by Crippen LogP contribution is -2.01. The molecule has 0 radical (unpaired) electrons. The van der Waals surface area contributed by atoms with Crippen molar-refractivity contribution in [2.75, 3.05) is 5.32 Å². The predicted octanol–water partition coefficient (Wildman–Crippen LogP) is 1.30. The van der Waals surface area contributed by atoms with E-state index < -0.39 is 0 Å². The van der Waals surface area contributed by atoms with Gasteiger partial charge >= 0.3 is 0 Å². The van der Waals surface area contributed by atoms with E-state index in [0.717, 1.165) is 5.82 Å². The molecule has 1 heterocycles. The molecule has 1 fully saturated rings. The van der Waals surface area contributed by atoms with Crippen molar-refractivity contribution >= 4 is 5.82 Å². The topological polar surface area (TPSA) is 29.9 Å². The Labute approximate surface area is 66.4 Å². The van der Waals surface area contributed by atoms with Crippen molar-refractivity contribution in [3.63, 3.8) is 0 Å². The standard InChI is InChI=1S/C8H13N3/c1-6-5-8(10-11(6)2)9-7-3-4-7/h5,7H,3-4H2,1-2H3,(H,9,10). The lowest BCUT2D eigenvalue weighted by atomic mass is 10.4. The van der Waals surface area contributed by atoms with Gasteiger partial charge in [0.05, 0.1) is 0 Å². The fourth-order valence-corrected chi connectivity index (χ4v) is 1.07. The minimum Gasteiger partial charge on any atom is -0.366 e. The number of anilines is 1. The molecule has 0 amide bonds. The predicted molar refractivity (Wildman–Crippen MR) is 44.6 cm³/mol. The van der Waals surface area contributed by atoms with E-state index in [9.17, 15) is 0 Å². The van der Waals surface area contributed by atoms with Crippen LogP contribution in [0.4, 0.5) is 5.82 Å². The van der Waals surface area contributed by atoms with Crippen molar-refractivity contribution in [2.45, 2.75) is 25.8 Å². The Kier molecular flexibility index (Phi) is 1.37. The van der Waals surface area contributed by atoms with Crippen molar-refractivity contribution in [3.8, 4) is 0 Å². The molecule has 0 unspecified atom stereocenters. The van der Waals surface area contributed by atoms with Gasteiger partial charge in [-0.15, -0.1) is 0 Å². The van der Waals surface area contributed by atoms with Gasteiger partial charge in [0.15, 0.2) is 0 Å². The monoisotopic (exact) mass is 151 g/mol. The highest BCUT2D eigenvalue weighted by Gasteiger charge is 2.21. The molecule has 3 heteroatoms. The molecule has 1 saturated carbocycles. The van der Waals surface area contributed by atoms with Crippen LogP contribution in [0.2, 0.25) is 0 Å². The zero-order chi connectivity index (χ0) is 7.84. The number of aromatic nitrogens is 2. The largest absolute Gasteiger partial charge is 0.366 e. The van der Waals surface area contributed by atoms with Gasteiger partial charge in [0.2, 0.25) is 0 Å². The number of hydrogen-bond donors (Lipinski definition) is 1. The molecule has 60 valence electrons. The highest BCUT2D eigenvalue weighted by atomic mass is 15.3. The summed E-state index contributed by atoms with van der Waals surface area (Å²) < 4.78 is 1.89. The summed E-state index contributed by atoms with van der Waals surface area (Å²) in [7, 11) is 1.97. The lowest BCUT2D eigenvalue weighted by molar-refractivity contribution is 0.741. The van der Waals surface area contributed by atoms with Gasteiger partial charge in [0.1, 0.15) is 5.82 Å². The molecule has 2 rings (SSSR count). The first-order valence-corrected chi connectivity index (χ1v) is 4.03. The summed E-state index contributed by atoms with van der Waals surface area (Å²) in [6.45, 7) is 2.06. The number of aryl methyl sites for hydroxylation is 2. The molecule has 0 saturated heterocycles. The van der Waals surface area contributed by atoms with E-state index in [1.807, 2.05) is 11.7 Å². The normalized spacial score (nSPS) is 16.9. The van der Waals surface area contributed by atoms with E-state index in [4.69, 9.17) is 0 Å². The van der Waals surface area contributed by atoms with E-state index in [-0.39, 0.29) is 0 Å². The van der Waals surface area contributed by atoms with Crippen LogP contribution in [0.1, 0.15) is 18.5 Å². The smallest absolute Gasteiger partial charge is 0.148 e. The van der Waals surface area contributed by atoms with Crippen molar-refractivity contribution in [2.24, 2.45) is 7.05 Å². The van der Waals surface area contributed by atoms with Crippen LogP contribution in [0.15, 0.2) is 6.07 Å². The highest BCUT2D eigenvalue weighted by Crippen LogP contribution is 2.23. The van der Waals surface area contributed by atoms with Crippen LogP contribution in [0, 0.1) is 6.92 Å². The average Bonchev–Trinajstić information content (AvgIpc) is 2.65. The van der Waals surface area contributed by atoms with Crippen molar-refractivity contribution in [3.05, 3.63) is 11.8 Å². The maximum absolute atomic E-state index is 4.30. The van der Waals surface area contributed by atoms with E-state index in [0.29, 0.717) is 6.04 Å². The fourth-order valence-electron chi connectivity index (χ4n) is 1.07. The van der Waals surface area contributed by atoms with Gasteiger partial charge in [-0.1, -0.05) is 0 Å². The van der Waals surface area contributed by atoms with Crippen LogP contribution in [0.5, 0.6) is 0 Å².